The lowest BCUT2D eigenvalue weighted by Gasteiger charge is -2.34. The van der Waals surface area contributed by atoms with Gasteiger partial charge < -0.3 is 10.2 Å². The molecule has 1 fully saturated rings. The van der Waals surface area contributed by atoms with Gasteiger partial charge in [-0.2, -0.15) is 0 Å². The molecule has 3 aromatic rings. The molecule has 1 aliphatic rings. The predicted octanol–water partition coefficient (Wildman–Crippen LogP) is 3.81. The van der Waals surface area contributed by atoms with Gasteiger partial charge in [0.05, 0.1) is 11.4 Å². The van der Waals surface area contributed by atoms with Crippen LogP contribution in [0.4, 0.5) is 5.69 Å². The normalized spacial score (nSPS) is 14.6. The maximum atomic E-state index is 12.4. The van der Waals surface area contributed by atoms with Gasteiger partial charge in [-0.1, -0.05) is 48.5 Å². The Labute approximate surface area is 174 Å². The molecule has 4 rings (SSSR count). The van der Waals surface area contributed by atoms with Crippen molar-refractivity contribution in [2.45, 2.75) is 0 Å². The number of carbonyl (C=O) groups is 2. The van der Waals surface area contributed by atoms with E-state index in [1.54, 1.807) is 0 Å². The Hall–Kier alpha value is -2.96. The van der Waals surface area contributed by atoms with Crippen LogP contribution in [0.3, 0.4) is 0 Å². The molecule has 1 aliphatic heterocycles. The molecule has 1 aromatic heterocycles. The first-order valence-corrected chi connectivity index (χ1v) is 10.6. The molecule has 2 amide bonds. The molecule has 1 N–H and O–H groups in total. The van der Waals surface area contributed by atoms with Gasteiger partial charge >= 0.3 is 0 Å². The van der Waals surface area contributed by atoms with Crippen molar-refractivity contribution >= 4 is 28.8 Å². The smallest absolute Gasteiger partial charge is 0.264 e. The molecule has 0 atom stereocenters. The Kier molecular flexibility index (Phi) is 6.03. The quantitative estimate of drug-likeness (QED) is 0.702. The van der Waals surface area contributed by atoms with E-state index in [4.69, 9.17) is 0 Å². The van der Waals surface area contributed by atoms with Crippen LogP contribution >= 0.6 is 11.3 Å². The van der Waals surface area contributed by atoms with Gasteiger partial charge in [-0.15, -0.1) is 11.3 Å². The number of rotatable bonds is 5. The van der Waals surface area contributed by atoms with E-state index in [1.165, 1.54) is 11.3 Å². The zero-order valence-corrected chi connectivity index (χ0v) is 16.9. The van der Waals surface area contributed by atoms with E-state index in [1.807, 2.05) is 64.9 Å². The van der Waals surface area contributed by atoms with E-state index in [0.29, 0.717) is 32.7 Å². The third kappa shape index (κ3) is 4.91. The highest BCUT2D eigenvalue weighted by Crippen LogP contribution is 2.21. The molecular formula is C23H23N3O2S. The number of carbonyl (C=O) groups excluding carboxylic acids is 2. The molecule has 148 valence electrons. The summed E-state index contributed by atoms with van der Waals surface area (Å²) in [7, 11) is 0. The summed E-state index contributed by atoms with van der Waals surface area (Å²) in [5.74, 6) is 0.0538. The molecule has 0 saturated carbocycles. The molecule has 0 bridgehead atoms. The second-order valence-electron chi connectivity index (χ2n) is 7.04. The maximum absolute atomic E-state index is 12.4. The van der Waals surface area contributed by atoms with Crippen LogP contribution in [0.2, 0.25) is 0 Å². The molecule has 0 unspecified atom stereocenters. The highest BCUT2D eigenvalue weighted by molar-refractivity contribution is 7.12. The van der Waals surface area contributed by atoms with Crippen LogP contribution in [-0.4, -0.2) is 54.3 Å². The first kappa shape index (κ1) is 19.4. The largest absolute Gasteiger partial charge is 0.335 e. The fourth-order valence-corrected chi connectivity index (χ4v) is 4.14. The van der Waals surface area contributed by atoms with E-state index < -0.39 is 0 Å². The molecular weight excluding hydrogens is 382 g/mol. The molecule has 6 heteroatoms. The zero-order valence-electron chi connectivity index (χ0n) is 16.1. The van der Waals surface area contributed by atoms with Crippen LogP contribution in [0.25, 0.3) is 11.1 Å². The third-order valence-corrected chi connectivity index (χ3v) is 5.89. The lowest BCUT2D eigenvalue weighted by atomic mass is 10.1. The summed E-state index contributed by atoms with van der Waals surface area (Å²) in [5.41, 5.74) is 3.07. The van der Waals surface area contributed by atoms with Crippen molar-refractivity contribution in [3.05, 3.63) is 77.0 Å². The summed E-state index contributed by atoms with van der Waals surface area (Å²) >= 11 is 1.47. The second-order valence-corrected chi connectivity index (χ2v) is 7.98. The number of amides is 2. The Morgan fingerprint density at radius 2 is 1.52 bits per heavy atom. The van der Waals surface area contributed by atoms with Gasteiger partial charge in [0.15, 0.2) is 0 Å². The van der Waals surface area contributed by atoms with E-state index in [-0.39, 0.29) is 11.8 Å². The molecule has 1 saturated heterocycles. The zero-order chi connectivity index (χ0) is 20.1. The average molecular weight is 406 g/mol. The molecule has 5 nitrogen and oxygen atoms in total. The number of hydrogen-bond donors (Lipinski definition) is 1. The van der Waals surface area contributed by atoms with E-state index in [2.05, 4.69) is 22.3 Å². The first-order valence-electron chi connectivity index (χ1n) is 9.69. The van der Waals surface area contributed by atoms with Crippen molar-refractivity contribution in [2.24, 2.45) is 0 Å². The SMILES string of the molecule is O=C(CN1CCN(C(=O)c2cccs2)CC1)Nc1ccc(-c2ccccc2)cc1. The van der Waals surface area contributed by atoms with Gasteiger partial charge in [-0.3, -0.25) is 14.5 Å². The number of anilines is 1. The molecule has 0 radical (unpaired) electrons. The summed E-state index contributed by atoms with van der Waals surface area (Å²) < 4.78 is 0. The minimum Gasteiger partial charge on any atom is -0.335 e. The van der Waals surface area contributed by atoms with Crippen LogP contribution in [0.1, 0.15) is 9.67 Å². The van der Waals surface area contributed by atoms with Crippen LogP contribution in [0, 0.1) is 0 Å². The summed E-state index contributed by atoms with van der Waals surface area (Å²) in [6.45, 7) is 3.04. The summed E-state index contributed by atoms with van der Waals surface area (Å²) in [5, 5.41) is 4.88. The first-order chi connectivity index (χ1) is 14.2. The van der Waals surface area contributed by atoms with Crippen molar-refractivity contribution in [1.29, 1.82) is 0 Å². The fraction of sp³-hybridized carbons (Fsp3) is 0.217. The minimum atomic E-state index is -0.0319. The molecule has 0 spiro atoms. The van der Waals surface area contributed by atoms with Crippen molar-refractivity contribution in [2.75, 3.05) is 38.0 Å². The van der Waals surface area contributed by atoms with Crippen molar-refractivity contribution < 1.29 is 9.59 Å². The fourth-order valence-electron chi connectivity index (χ4n) is 3.45. The van der Waals surface area contributed by atoms with Crippen LogP contribution in [-0.2, 0) is 4.79 Å². The number of thiophene rings is 1. The highest BCUT2D eigenvalue weighted by atomic mass is 32.1. The lowest BCUT2D eigenvalue weighted by molar-refractivity contribution is -0.117. The van der Waals surface area contributed by atoms with Crippen LogP contribution in [0.15, 0.2) is 72.1 Å². The van der Waals surface area contributed by atoms with E-state index in [9.17, 15) is 9.59 Å². The third-order valence-electron chi connectivity index (χ3n) is 5.03. The lowest BCUT2D eigenvalue weighted by Crippen LogP contribution is -2.50. The Morgan fingerprint density at radius 3 is 2.17 bits per heavy atom. The topological polar surface area (TPSA) is 52.7 Å². The standard InChI is InChI=1S/C23H23N3O2S/c27-22(24-20-10-8-19(9-11-20)18-5-2-1-3-6-18)17-25-12-14-26(15-13-25)23(28)21-7-4-16-29-21/h1-11,16H,12-15,17H2,(H,24,27). The van der Waals surface area contributed by atoms with Crippen molar-refractivity contribution in [1.82, 2.24) is 9.80 Å². The molecule has 2 aromatic carbocycles. The van der Waals surface area contributed by atoms with Gasteiger partial charge in [0, 0.05) is 31.9 Å². The number of nitrogens with one attached hydrogen (secondary N) is 1. The minimum absolute atomic E-state index is 0.0319. The van der Waals surface area contributed by atoms with Gasteiger partial charge in [0.2, 0.25) is 5.91 Å². The Morgan fingerprint density at radius 1 is 0.828 bits per heavy atom. The summed E-state index contributed by atoms with van der Waals surface area (Å²) in [4.78, 5) is 29.5. The molecule has 2 heterocycles. The van der Waals surface area contributed by atoms with Gasteiger partial charge in [0.25, 0.3) is 5.91 Å². The van der Waals surface area contributed by atoms with Crippen molar-refractivity contribution in [3.8, 4) is 11.1 Å². The highest BCUT2D eigenvalue weighted by Gasteiger charge is 2.23. The van der Waals surface area contributed by atoms with E-state index in [0.717, 1.165) is 21.7 Å². The van der Waals surface area contributed by atoms with Crippen LogP contribution < -0.4 is 5.32 Å². The monoisotopic (exact) mass is 405 g/mol. The van der Waals surface area contributed by atoms with Gasteiger partial charge in [-0.25, -0.2) is 0 Å². The summed E-state index contributed by atoms with van der Waals surface area (Å²) in [6, 6.07) is 21.8. The number of nitrogens with zero attached hydrogens (tertiary/aromatic N) is 2. The van der Waals surface area contributed by atoms with Gasteiger partial charge in [-0.05, 0) is 34.7 Å². The van der Waals surface area contributed by atoms with Crippen molar-refractivity contribution in [3.63, 3.8) is 0 Å². The van der Waals surface area contributed by atoms with Crippen LogP contribution in [0.5, 0.6) is 0 Å². The van der Waals surface area contributed by atoms with E-state index >= 15 is 0 Å². The molecule has 0 aliphatic carbocycles. The number of benzene rings is 2. The van der Waals surface area contributed by atoms with Gasteiger partial charge in [0.1, 0.15) is 0 Å². The number of piperazine rings is 1. The Balaban J connectivity index is 1.26. The average Bonchev–Trinajstić information content (AvgIpc) is 3.30. The predicted molar refractivity (Wildman–Crippen MR) is 117 cm³/mol. The summed E-state index contributed by atoms with van der Waals surface area (Å²) in [6.07, 6.45) is 0. The number of hydrogen-bond acceptors (Lipinski definition) is 4. The Bertz CT molecular complexity index is 948. The molecule has 29 heavy (non-hydrogen) atoms. The maximum Gasteiger partial charge on any atom is 0.264 e. The second kappa shape index (κ2) is 9.03.